The van der Waals surface area contributed by atoms with Crippen LogP contribution < -0.4 is 11.4 Å². The zero-order chi connectivity index (χ0) is 15.7. The summed E-state index contributed by atoms with van der Waals surface area (Å²) >= 11 is 6.99. The number of hydrogen-bond acceptors (Lipinski definition) is 4. The highest BCUT2D eigenvalue weighted by molar-refractivity contribution is 9.11. The average Bonchev–Trinajstić information content (AvgIpc) is 2.91. The third-order valence-corrected chi connectivity index (χ3v) is 5.22. The van der Waals surface area contributed by atoms with Crippen LogP contribution in [0.2, 0.25) is 0 Å². The quantitative estimate of drug-likeness (QED) is 0.733. The lowest BCUT2D eigenvalue weighted by atomic mass is 10.0. The normalized spacial score (nSPS) is 17.0. The highest BCUT2D eigenvalue weighted by Crippen LogP contribution is 2.30. The van der Waals surface area contributed by atoms with E-state index < -0.39 is 0 Å². The van der Waals surface area contributed by atoms with Gasteiger partial charge in [0.2, 0.25) is 0 Å². The van der Waals surface area contributed by atoms with E-state index in [0.29, 0.717) is 0 Å². The fourth-order valence-electron chi connectivity index (χ4n) is 2.88. The molecule has 1 aromatic carbocycles. The lowest BCUT2D eigenvalue weighted by Crippen LogP contribution is -2.36. The molecule has 1 saturated heterocycles. The van der Waals surface area contributed by atoms with Crippen molar-refractivity contribution in [3.63, 3.8) is 0 Å². The number of H-pyrrole nitrogens is 1. The number of piperidine rings is 1. The number of hydrogen-bond donors (Lipinski definition) is 2. The van der Waals surface area contributed by atoms with Gasteiger partial charge in [0.1, 0.15) is 6.33 Å². The molecule has 8 heteroatoms. The van der Waals surface area contributed by atoms with Gasteiger partial charge in [0.05, 0.1) is 5.69 Å². The summed E-state index contributed by atoms with van der Waals surface area (Å²) in [7, 11) is 0. The molecule has 2 heterocycles. The second-order valence-electron chi connectivity index (χ2n) is 5.54. The molecule has 1 aromatic heterocycles. The Morgan fingerprint density at radius 2 is 2.05 bits per heavy atom. The zero-order valence-electron chi connectivity index (χ0n) is 11.9. The number of aromatic nitrogens is 3. The van der Waals surface area contributed by atoms with Gasteiger partial charge in [-0.1, -0.05) is 15.9 Å². The summed E-state index contributed by atoms with van der Waals surface area (Å²) in [6.07, 6.45) is 3.47. The van der Waals surface area contributed by atoms with Crippen LogP contribution in [-0.2, 0) is 6.54 Å². The maximum atomic E-state index is 11.6. The first-order valence-corrected chi connectivity index (χ1v) is 8.70. The molecule has 3 N–H and O–H groups in total. The van der Waals surface area contributed by atoms with Gasteiger partial charge in [-0.25, -0.2) is 9.89 Å². The van der Waals surface area contributed by atoms with Crippen molar-refractivity contribution in [3.8, 4) is 0 Å². The molecular weight excluding hydrogens is 414 g/mol. The summed E-state index contributed by atoms with van der Waals surface area (Å²) in [5.74, 6) is 0. The van der Waals surface area contributed by atoms with Crippen LogP contribution in [-0.4, -0.2) is 32.8 Å². The summed E-state index contributed by atoms with van der Waals surface area (Å²) in [5, 5.41) is 6.25. The second kappa shape index (κ2) is 6.55. The van der Waals surface area contributed by atoms with Crippen LogP contribution in [0.25, 0.3) is 0 Å². The first-order valence-electron chi connectivity index (χ1n) is 7.12. The first-order chi connectivity index (χ1) is 10.5. The van der Waals surface area contributed by atoms with Crippen LogP contribution >= 0.6 is 31.9 Å². The number of nitrogens with two attached hydrogens (primary N) is 1. The summed E-state index contributed by atoms with van der Waals surface area (Å²) in [6.45, 7) is 2.69. The first kappa shape index (κ1) is 15.8. The van der Waals surface area contributed by atoms with Gasteiger partial charge in [-0.15, -0.1) is 0 Å². The second-order valence-corrected chi connectivity index (χ2v) is 7.31. The molecule has 0 radical (unpaired) electrons. The predicted octanol–water partition coefficient (Wildman–Crippen LogP) is 2.52. The number of benzene rings is 1. The molecule has 6 nitrogen and oxygen atoms in total. The molecule has 0 atom stereocenters. The fraction of sp³-hybridized carbons (Fsp3) is 0.429. The molecule has 0 amide bonds. The molecule has 3 rings (SSSR count). The Morgan fingerprint density at radius 1 is 1.32 bits per heavy atom. The summed E-state index contributed by atoms with van der Waals surface area (Å²) in [6, 6.07) is 4.25. The van der Waals surface area contributed by atoms with Crippen LogP contribution in [0, 0.1) is 0 Å². The summed E-state index contributed by atoms with van der Waals surface area (Å²) < 4.78 is 3.63. The lowest BCUT2D eigenvalue weighted by Gasteiger charge is -2.32. The zero-order valence-corrected chi connectivity index (χ0v) is 15.1. The highest BCUT2D eigenvalue weighted by atomic mass is 79.9. The van der Waals surface area contributed by atoms with Gasteiger partial charge in [-0.2, -0.15) is 5.10 Å². The number of rotatable bonds is 3. The number of anilines is 1. The third-order valence-electron chi connectivity index (χ3n) is 4.10. The van der Waals surface area contributed by atoms with E-state index >= 15 is 0 Å². The number of nitrogen functional groups attached to an aromatic ring is 1. The van der Waals surface area contributed by atoms with Gasteiger partial charge in [0.25, 0.3) is 0 Å². The van der Waals surface area contributed by atoms with E-state index in [-0.39, 0.29) is 11.7 Å². The Kier molecular flexibility index (Phi) is 4.70. The molecule has 22 heavy (non-hydrogen) atoms. The summed E-state index contributed by atoms with van der Waals surface area (Å²) in [4.78, 5) is 14.0. The van der Waals surface area contributed by atoms with Crippen LogP contribution in [0.15, 0.2) is 32.2 Å². The molecule has 0 unspecified atom stereocenters. The molecule has 1 fully saturated rings. The van der Waals surface area contributed by atoms with Crippen LogP contribution in [0.5, 0.6) is 0 Å². The molecule has 0 spiro atoms. The van der Waals surface area contributed by atoms with E-state index in [0.717, 1.165) is 52.7 Å². The smallest absolute Gasteiger partial charge is 0.343 e. The minimum Gasteiger partial charge on any atom is -0.398 e. The minimum absolute atomic E-state index is 0.126. The topological polar surface area (TPSA) is 79.9 Å². The molecule has 2 aromatic rings. The minimum atomic E-state index is -0.126. The third kappa shape index (κ3) is 3.28. The maximum Gasteiger partial charge on any atom is 0.343 e. The van der Waals surface area contributed by atoms with E-state index in [2.05, 4.69) is 53.0 Å². The van der Waals surface area contributed by atoms with Gasteiger partial charge in [-0.05, 0) is 46.5 Å². The molecule has 0 aliphatic carbocycles. The van der Waals surface area contributed by atoms with Gasteiger partial charge in [0.15, 0.2) is 0 Å². The van der Waals surface area contributed by atoms with Crippen molar-refractivity contribution < 1.29 is 0 Å². The van der Waals surface area contributed by atoms with Crippen molar-refractivity contribution in [3.05, 3.63) is 43.5 Å². The van der Waals surface area contributed by atoms with Gasteiger partial charge in [-0.3, -0.25) is 9.47 Å². The molecular formula is C14H17Br2N5O. The van der Waals surface area contributed by atoms with E-state index in [4.69, 9.17) is 5.73 Å². The van der Waals surface area contributed by atoms with E-state index in [1.54, 1.807) is 10.9 Å². The van der Waals surface area contributed by atoms with Gasteiger partial charge >= 0.3 is 5.69 Å². The average molecular weight is 431 g/mol. The highest BCUT2D eigenvalue weighted by Gasteiger charge is 2.22. The van der Waals surface area contributed by atoms with Gasteiger partial charge < -0.3 is 5.73 Å². The molecule has 1 aliphatic heterocycles. The van der Waals surface area contributed by atoms with Crippen LogP contribution in [0.1, 0.15) is 24.4 Å². The largest absolute Gasteiger partial charge is 0.398 e. The number of nitrogens with one attached hydrogen (secondary N) is 1. The molecule has 0 bridgehead atoms. The van der Waals surface area contributed by atoms with Crippen molar-refractivity contribution in [2.75, 3.05) is 18.8 Å². The summed E-state index contributed by atoms with van der Waals surface area (Å²) in [5.41, 5.74) is 7.91. The SMILES string of the molecule is Nc1c(Br)cc(Br)cc1CN1CCC(n2cn[nH]c2=O)CC1. The number of aromatic amines is 1. The maximum absolute atomic E-state index is 11.6. The Morgan fingerprint density at radius 3 is 2.68 bits per heavy atom. The van der Waals surface area contributed by atoms with Gasteiger partial charge in [0, 0.05) is 34.6 Å². The van der Waals surface area contributed by atoms with Crippen molar-refractivity contribution in [1.29, 1.82) is 0 Å². The van der Waals surface area contributed by atoms with E-state index in [9.17, 15) is 4.79 Å². The number of halogens is 2. The van der Waals surface area contributed by atoms with Crippen molar-refractivity contribution in [2.45, 2.75) is 25.4 Å². The number of likely N-dealkylation sites (tertiary alicyclic amines) is 1. The van der Waals surface area contributed by atoms with E-state index in [1.165, 1.54) is 0 Å². The monoisotopic (exact) mass is 429 g/mol. The Hall–Kier alpha value is -1.12. The number of nitrogens with zero attached hydrogens (tertiary/aromatic N) is 3. The molecule has 118 valence electrons. The van der Waals surface area contributed by atoms with Crippen molar-refractivity contribution in [2.24, 2.45) is 0 Å². The van der Waals surface area contributed by atoms with Crippen LogP contribution in [0.4, 0.5) is 5.69 Å². The Labute approximate surface area is 144 Å². The standard InChI is InChI=1S/C14H17Br2N5O/c15-10-5-9(13(17)12(16)6-10)7-20-3-1-11(2-4-20)21-8-18-19-14(21)22/h5-6,8,11H,1-4,7,17H2,(H,19,22). The Balaban J connectivity index is 1.65. The van der Waals surface area contributed by atoms with Crippen molar-refractivity contribution >= 4 is 37.5 Å². The molecule has 0 saturated carbocycles. The molecule has 1 aliphatic rings. The fourth-order valence-corrected chi connectivity index (χ4v) is 4.20. The van der Waals surface area contributed by atoms with E-state index in [1.807, 2.05) is 6.07 Å². The lowest BCUT2D eigenvalue weighted by molar-refractivity contribution is 0.178. The Bertz CT molecular complexity index is 718. The predicted molar refractivity (Wildman–Crippen MR) is 92.7 cm³/mol. The van der Waals surface area contributed by atoms with Crippen LogP contribution in [0.3, 0.4) is 0 Å². The van der Waals surface area contributed by atoms with Crippen molar-refractivity contribution in [1.82, 2.24) is 19.7 Å².